The Morgan fingerprint density at radius 3 is 2.41 bits per heavy atom. The predicted molar refractivity (Wildman–Crippen MR) is 94.4 cm³/mol. The molecule has 1 unspecified atom stereocenters. The highest BCUT2D eigenvalue weighted by atomic mass is 14.6. The summed E-state index contributed by atoms with van der Waals surface area (Å²) >= 11 is 0. The third-order valence-electron chi connectivity index (χ3n) is 5.34. The predicted octanol–water partition coefficient (Wildman–Crippen LogP) is 5.05. The van der Waals surface area contributed by atoms with E-state index in [1.807, 2.05) is 12.1 Å². The molecule has 1 atom stereocenters. The smallest absolute Gasteiger partial charge is 0.0393 e. The molecule has 22 heavy (non-hydrogen) atoms. The van der Waals surface area contributed by atoms with Gasteiger partial charge in [-0.1, -0.05) is 68.5 Å². The normalized spacial score (nSPS) is 21.6. The van der Waals surface area contributed by atoms with Gasteiger partial charge in [-0.25, -0.2) is 0 Å². The largest absolute Gasteiger partial charge is 0.398 e. The molecule has 2 aliphatic carbocycles. The lowest BCUT2D eigenvalue weighted by atomic mass is 9.73. The molecule has 0 aliphatic heterocycles. The van der Waals surface area contributed by atoms with Crippen LogP contribution in [0.3, 0.4) is 0 Å². The van der Waals surface area contributed by atoms with Crippen molar-refractivity contribution in [1.82, 2.24) is 0 Å². The molecule has 0 amide bonds. The molecular weight excluding hydrogens is 266 g/mol. The Morgan fingerprint density at radius 2 is 1.64 bits per heavy atom. The third-order valence-corrected chi connectivity index (χ3v) is 5.34. The fourth-order valence-electron chi connectivity index (χ4n) is 4.08. The maximum atomic E-state index is 6.17. The minimum atomic E-state index is 0.201. The van der Waals surface area contributed by atoms with Crippen LogP contribution in [0.2, 0.25) is 0 Å². The molecular formula is C21H21N. The fraction of sp³-hybridized carbons (Fsp3) is 0.238. The summed E-state index contributed by atoms with van der Waals surface area (Å²) in [5.41, 5.74) is 14.0. The van der Waals surface area contributed by atoms with Gasteiger partial charge in [-0.05, 0) is 46.1 Å². The molecule has 0 aromatic heterocycles. The van der Waals surface area contributed by atoms with Crippen molar-refractivity contribution >= 4 is 16.8 Å². The first-order chi connectivity index (χ1) is 10.6. The average Bonchev–Trinajstić information content (AvgIpc) is 2.76. The molecule has 0 fully saturated rings. The van der Waals surface area contributed by atoms with Gasteiger partial charge < -0.3 is 5.73 Å². The van der Waals surface area contributed by atoms with Crippen LogP contribution in [0.4, 0.5) is 5.69 Å². The van der Waals surface area contributed by atoms with Crippen LogP contribution in [-0.2, 0) is 5.41 Å². The molecule has 1 heteroatoms. The molecule has 0 heterocycles. The summed E-state index contributed by atoms with van der Waals surface area (Å²) in [6.45, 7) is 4.74. The van der Waals surface area contributed by atoms with Gasteiger partial charge in [0.05, 0.1) is 0 Å². The topological polar surface area (TPSA) is 26.0 Å². The van der Waals surface area contributed by atoms with Gasteiger partial charge in [0.15, 0.2) is 0 Å². The molecule has 2 aromatic carbocycles. The van der Waals surface area contributed by atoms with Crippen LogP contribution in [-0.4, -0.2) is 0 Å². The summed E-state index contributed by atoms with van der Waals surface area (Å²) in [5, 5.41) is 0. The number of nitrogens with two attached hydrogens (primary N) is 1. The Balaban J connectivity index is 1.86. The van der Waals surface area contributed by atoms with Crippen LogP contribution < -0.4 is 5.73 Å². The highest BCUT2D eigenvalue weighted by Crippen LogP contribution is 2.54. The summed E-state index contributed by atoms with van der Waals surface area (Å²) in [6, 6.07) is 17.0. The fourth-order valence-corrected chi connectivity index (χ4v) is 4.08. The molecule has 0 saturated carbocycles. The van der Waals surface area contributed by atoms with Gasteiger partial charge in [-0.15, -0.1) is 0 Å². The van der Waals surface area contributed by atoms with Gasteiger partial charge in [0, 0.05) is 11.3 Å². The molecule has 110 valence electrons. The number of nitrogen functional groups attached to an aromatic ring is 1. The Hall–Kier alpha value is -2.28. The second kappa shape index (κ2) is 4.61. The maximum absolute atomic E-state index is 6.17. The molecule has 0 spiro atoms. The summed E-state index contributed by atoms with van der Waals surface area (Å²) < 4.78 is 0. The number of allylic oxidation sites excluding steroid dienone is 4. The monoisotopic (exact) mass is 287 g/mol. The number of hydrogen-bond acceptors (Lipinski definition) is 1. The first kappa shape index (κ1) is 13.4. The summed E-state index contributed by atoms with van der Waals surface area (Å²) in [7, 11) is 0. The number of rotatable bonds is 1. The van der Waals surface area contributed by atoms with Crippen molar-refractivity contribution in [2.45, 2.75) is 25.7 Å². The van der Waals surface area contributed by atoms with Crippen LogP contribution in [0, 0.1) is 5.92 Å². The van der Waals surface area contributed by atoms with Crippen molar-refractivity contribution < 1.29 is 0 Å². The van der Waals surface area contributed by atoms with Gasteiger partial charge in [0.1, 0.15) is 0 Å². The van der Waals surface area contributed by atoms with Gasteiger partial charge >= 0.3 is 0 Å². The molecule has 0 bridgehead atoms. The lowest BCUT2D eigenvalue weighted by molar-refractivity contribution is 0.415. The quantitative estimate of drug-likeness (QED) is 0.730. The summed E-state index contributed by atoms with van der Waals surface area (Å²) in [4.78, 5) is 0. The second-order valence-electron chi connectivity index (χ2n) is 6.90. The van der Waals surface area contributed by atoms with E-state index in [0.717, 1.165) is 17.7 Å². The van der Waals surface area contributed by atoms with E-state index in [-0.39, 0.29) is 5.41 Å². The zero-order chi connectivity index (χ0) is 15.3. The highest BCUT2D eigenvalue weighted by molar-refractivity contribution is 5.92. The van der Waals surface area contributed by atoms with E-state index < -0.39 is 0 Å². The lowest BCUT2D eigenvalue weighted by Crippen LogP contribution is -2.24. The maximum Gasteiger partial charge on any atom is 0.0393 e. The summed E-state index contributed by atoms with van der Waals surface area (Å²) in [5.74, 6) is 0.568. The van der Waals surface area contributed by atoms with Crippen LogP contribution in [0.5, 0.6) is 0 Å². The molecule has 1 nitrogen and oxygen atoms in total. The van der Waals surface area contributed by atoms with Gasteiger partial charge in [0.2, 0.25) is 0 Å². The zero-order valence-electron chi connectivity index (χ0n) is 13.1. The number of fused-ring (bicyclic) bond motifs is 3. The van der Waals surface area contributed by atoms with Crippen molar-refractivity contribution in [3.63, 3.8) is 0 Å². The number of hydrogen-bond donors (Lipinski definition) is 1. The Bertz CT molecular complexity index is 808. The van der Waals surface area contributed by atoms with Crippen LogP contribution in [0.15, 0.2) is 60.7 Å². The molecule has 2 aliphatic rings. The van der Waals surface area contributed by atoms with E-state index in [1.165, 1.54) is 22.3 Å². The highest BCUT2D eigenvalue weighted by Gasteiger charge is 2.42. The first-order valence-electron chi connectivity index (χ1n) is 7.95. The van der Waals surface area contributed by atoms with Crippen LogP contribution in [0.25, 0.3) is 11.1 Å². The van der Waals surface area contributed by atoms with Crippen LogP contribution in [0.1, 0.15) is 37.0 Å². The molecule has 2 N–H and O–H groups in total. The van der Waals surface area contributed by atoms with Gasteiger partial charge in [-0.2, -0.15) is 0 Å². The van der Waals surface area contributed by atoms with Gasteiger partial charge in [-0.3, -0.25) is 0 Å². The van der Waals surface area contributed by atoms with Crippen molar-refractivity contribution in [2.24, 2.45) is 5.92 Å². The van der Waals surface area contributed by atoms with E-state index in [2.05, 4.69) is 62.4 Å². The summed E-state index contributed by atoms with van der Waals surface area (Å²) in [6.07, 6.45) is 5.79. The van der Waals surface area contributed by atoms with E-state index in [0.29, 0.717) is 5.92 Å². The molecule has 0 saturated heterocycles. The lowest BCUT2D eigenvalue weighted by Gasteiger charge is -2.30. The van der Waals surface area contributed by atoms with E-state index >= 15 is 0 Å². The van der Waals surface area contributed by atoms with Crippen molar-refractivity contribution in [3.05, 3.63) is 77.4 Å². The molecule has 4 rings (SSSR count). The number of anilines is 1. The van der Waals surface area contributed by atoms with E-state index in [1.54, 1.807) is 0 Å². The third kappa shape index (κ3) is 1.78. The van der Waals surface area contributed by atoms with E-state index in [9.17, 15) is 0 Å². The van der Waals surface area contributed by atoms with Gasteiger partial charge in [0.25, 0.3) is 0 Å². The first-order valence-corrected chi connectivity index (χ1v) is 7.95. The minimum absolute atomic E-state index is 0.201. The zero-order valence-corrected chi connectivity index (χ0v) is 13.1. The van der Waals surface area contributed by atoms with Crippen molar-refractivity contribution in [2.75, 3.05) is 5.73 Å². The molecule has 2 aromatic rings. The SMILES string of the molecule is CC1(C)c2ccccc2C2=CC(c3ccccc3N)=CCC21. The Kier molecular flexibility index (Phi) is 2.80. The second-order valence-corrected chi connectivity index (χ2v) is 6.90. The van der Waals surface area contributed by atoms with Crippen LogP contribution >= 0.6 is 0 Å². The number of para-hydroxylation sites is 1. The average molecular weight is 287 g/mol. The molecule has 0 radical (unpaired) electrons. The standard InChI is InChI=1S/C21H21N/c1-21(2)18-9-5-3-8-16(18)17-13-14(11-12-19(17)21)15-7-4-6-10-20(15)22/h3-11,13,19H,12,22H2,1-2H3. The minimum Gasteiger partial charge on any atom is -0.398 e. The van der Waals surface area contributed by atoms with E-state index in [4.69, 9.17) is 5.73 Å². The van der Waals surface area contributed by atoms with Crippen molar-refractivity contribution in [3.8, 4) is 0 Å². The van der Waals surface area contributed by atoms with Crippen molar-refractivity contribution in [1.29, 1.82) is 0 Å². The Labute approximate surface area is 132 Å². The number of benzene rings is 2. The Morgan fingerprint density at radius 1 is 0.955 bits per heavy atom.